The number of sulfone groups is 1. The summed E-state index contributed by atoms with van der Waals surface area (Å²) >= 11 is 5.77. The maximum atomic E-state index is 12.3. The van der Waals surface area contributed by atoms with E-state index < -0.39 is 9.84 Å². The zero-order valence-corrected chi connectivity index (χ0v) is 17.3. The van der Waals surface area contributed by atoms with Crippen LogP contribution in [0.4, 0.5) is 6.01 Å². The summed E-state index contributed by atoms with van der Waals surface area (Å²) in [6.07, 6.45) is 0.645. The maximum absolute atomic E-state index is 12.3. The number of aromatic nitrogens is 2. The van der Waals surface area contributed by atoms with Gasteiger partial charge in [-0.25, -0.2) is 8.42 Å². The normalized spacial score (nSPS) is 11.4. The second kappa shape index (κ2) is 9.19. The van der Waals surface area contributed by atoms with Gasteiger partial charge in [-0.1, -0.05) is 46.5 Å². The van der Waals surface area contributed by atoms with Crippen molar-refractivity contribution < 1.29 is 17.6 Å². The van der Waals surface area contributed by atoms with Crippen LogP contribution in [0.25, 0.3) is 0 Å². The number of nitrogens with zero attached hydrogens (tertiary/aromatic N) is 2. The highest BCUT2D eigenvalue weighted by molar-refractivity contribution is 7.91. The number of halogens is 1. The Kier molecular flexibility index (Phi) is 6.66. The quantitative estimate of drug-likeness (QED) is 0.579. The van der Waals surface area contributed by atoms with Gasteiger partial charge in [-0.3, -0.25) is 10.1 Å². The number of carbonyl (C=O) groups excluding carboxylic acids is 1. The van der Waals surface area contributed by atoms with Gasteiger partial charge in [0.2, 0.25) is 11.8 Å². The Bertz CT molecular complexity index is 1080. The Morgan fingerprint density at radius 1 is 1.07 bits per heavy atom. The van der Waals surface area contributed by atoms with Gasteiger partial charge in [0.15, 0.2) is 9.84 Å². The van der Waals surface area contributed by atoms with Gasteiger partial charge in [0.25, 0.3) is 0 Å². The lowest BCUT2D eigenvalue weighted by atomic mass is 10.1. The molecule has 0 aliphatic rings. The van der Waals surface area contributed by atoms with Crippen molar-refractivity contribution in [1.82, 2.24) is 10.2 Å². The minimum Gasteiger partial charge on any atom is -0.407 e. The molecule has 0 saturated carbocycles. The molecule has 0 atom stereocenters. The largest absolute Gasteiger partial charge is 0.407 e. The van der Waals surface area contributed by atoms with E-state index in [4.69, 9.17) is 16.0 Å². The summed E-state index contributed by atoms with van der Waals surface area (Å²) in [5, 5.41) is 10.7. The fourth-order valence-electron chi connectivity index (χ4n) is 2.62. The fraction of sp³-hybridized carbons (Fsp3) is 0.250. The van der Waals surface area contributed by atoms with Crippen LogP contribution in [-0.2, 0) is 21.1 Å². The van der Waals surface area contributed by atoms with Gasteiger partial charge < -0.3 is 4.42 Å². The molecule has 9 heteroatoms. The molecule has 3 aromatic rings. The molecular weight excluding hydrogens is 414 g/mol. The zero-order valence-electron chi connectivity index (χ0n) is 15.8. The number of amides is 1. The van der Waals surface area contributed by atoms with Crippen LogP contribution in [0.3, 0.4) is 0 Å². The maximum Gasteiger partial charge on any atom is 0.322 e. The highest BCUT2D eigenvalue weighted by atomic mass is 35.5. The number of hydrogen-bond donors (Lipinski definition) is 1. The van der Waals surface area contributed by atoms with Gasteiger partial charge in [0.1, 0.15) is 0 Å². The highest BCUT2D eigenvalue weighted by Gasteiger charge is 2.16. The Morgan fingerprint density at radius 2 is 1.76 bits per heavy atom. The first kappa shape index (κ1) is 21.0. The van der Waals surface area contributed by atoms with Crippen LogP contribution in [0, 0.1) is 6.92 Å². The van der Waals surface area contributed by atoms with Gasteiger partial charge in [-0.05, 0) is 43.2 Å². The van der Waals surface area contributed by atoms with Gasteiger partial charge in [0.05, 0.1) is 17.1 Å². The predicted octanol–water partition coefficient (Wildman–Crippen LogP) is 3.81. The molecule has 0 aliphatic carbocycles. The number of anilines is 1. The lowest BCUT2D eigenvalue weighted by Gasteiger charge is -2.04. The van der Waals surface area contributed by atoms with Crippen molar-refractivity contribution in [3.63, 3.8) is 0 Å². The van der Waals surface area contributed by atoms with Crippen LogP contribution < -0.4 is 5.32 Å². The molecule has 1 aromatic heterocycles. The summed E-state index contributed by atoms with van der Waals surface area (Å²) < 4.78 is 30.0. The molecule has 152 valence electrons. The molecule has 2 aromatic carbocycles. The molecule has 1 N–H and O–H groups in total. The third kappa shape index (κ3) is 6.13. The summed E-state index contributed by atoms with van der Waals surface area (Å²) in [4.78, 5) is 12.2. The molecule has 0 radical (unpaired) electrons. The van der Waals surface area contributed by atoms with E-state index in [0.717, 1.165) is 11.1 Å². The van der Waals surface area contributed by atoms with Crippen LogP contribution in [0.2, 0.25) is 5.02 Å². The predicted molar refractivity (Wildman–Crippen MR) is 110 cm³/mol. The summed E-state index contributed by atoms with van der Waals surface area (Å²) in [6, 6.07) is 13.9. The first-order chi connectivity index (χ1) is 13.8. The number of aryl methyl sites for hydroxylation is 1. The standard InChI is InChI=1S/C20H20ClN3O4S/c1-14-4-6-15(7-5-14)13-19-23-24-20(28-19)22-18(25)3-2-12-29(26,27)17-10-8-16(21)9-11-17/h4-11H,2-3,12-13H2,1H3,(H,22,24,25). The van der Waals surface area contributed by atoms with Crippen LogP contribution in [0.1, 0.15) is 29.9 Å². The summed E-state index contributed by atoms with van der Waals surface area (Å²) in [5.74, 6) is -0.152. The van der Waals surface area contributed by atoms with E-state index in [0.29, 0.717) is 17.3 Å². The summed E-state index contributed by atoms with van der Waals surface area (Å²) in [6.45, 7) is 2.00. The van der Waals surface area contributed by atoms with Crippen LogP contribution in [0.15, 0.2) is 57.8 Å². The minimum atomic E-state index is -3.47. The number of hydrogen-bond acceptors (Lipinski definition) is 6. The van der Waals surface area contributed by atoms with Gasteiger partial charge in [0, 0.05) is 11.4 Å². The molecule has 7 nitrogen and oxygen atoms in total. The molecular formula is C20H20ClN3O4S. The second-order valence-electron chi connectivity index (χ2n) is 6.59. The first-order valence-electron chi connectivity index (χ1n) is 8.98. The highest BCUT2D eigenvalue weighted by Crippen LogP contribution is 2.17. The monoisotopic (exact) mass is 433 g/mol. The molecule has 3 rings (SSSR count). The molecule has 0 unspecified atom stereocenters. The number of nitrogens with one attached hydrogen (secondary N) is 1. The number of carbonyl (C=O) groups is 1. The first-order valence-corrected chi connectivity index (χ1v) is 11.0. The van der Waals surface area contributed by atoms with Crippen molar-refractivity contribution in [3.05, 3.63) is 70.6 Å². The third-order valence-corrected chi connectivity index (χ3v) is 6.25. The Balaban J connectivity index is 1.48. The molecule has 0 fully saturated rings. The van der Waals surface area contributed by atoms with Crippen molar-refractivity contribution in [3.8, 4) is 0 Å². The Hall–Kier alpha value is -2.71. The van der Waals surface area contributed by atoms with Gasteiger partial charge in [-0.2, -0.15) is 0 Å². The average molecular weight is 434 g/mol. The van der Waals surface area contributed by atoms with E-state index in [9.17, 15) is 13.2 Å². The average Bonchev–Trinajstić information content (AvgIpc) is 3.10. The molecule has 1 heterocycles. The van der Waals surface area contributed by atoms with Crippen LogP contribution in [-0.4, -0.2) is 30.3 Å². The summed E-state index contributed by atoms with van der Waals surface area (Å²) in [5.41, 5.74) is 2.18. The van der Waals surface area contributed by atoms with E-state index >= 15 is 0 Å². The Labute approximate surface area is 174 Å². The fourth-order valence-corrected chi connectivity index (χ4v) is 4.06. The topological polar surface area (TPSA) is 102 Å². The SMILES string of the molecule is Cc1ccc(Cc2nnc(NC(=O)CCCS(=O)(=O)c3ccc(Cl)cc3)o2)cc1. The number of rotatable bonds is 8. The third-order valence-electron chi connectivity index (χ3n) is 4.18. The minimum absolute atomic E-state index is 0.00216. The van der Waals surface area contributed by atoms with Crippen molar-refractivity contribution >= 4 is 33.4 Å². The smallest absolute Gasteiger partial charge is 0.322 e. The Morgan fingerprint density at radius 3 is 2.45 bits per heavy atom. The van der Waals surface area contributed by atoms with Gasteiger partial charge >= 0.3 is 6.01 Å². The summed E-state index contributed by atoms with van der Waals surface area (Å²) in [7, 11) is -3.47. The van der Waals surface area contributed by atoms with Crippen LogP contribution in [0.5, 0.6) is 0 Å². The number of benzene rings is 2. The van der Waals surface area contributed by atoms with E-state index in [2.05, 4.69) is 15.5 Å². The molecule has 0 spiro atoms. The van der Waals surface area contributed by atoms with E-state index in [1.54, 1.807) is 0 Å². The lowest BCUT2D eigenvalue weighted by molar-refractivity contribution is -0.116. The molecule has 1 amide bonds. The second-order valence-corrected chi connectivity index (χ2v) is 9.13. The lowest BCUT2D eigenvalue weighted by Crippen LogP contribution is -2.14. The van der Waals surface area contributed by atoms with E-state index in [-0.39, 0.29) is 35.4 Å². The molecule has 0 bridgehead atoms. The van der Waals surface area contributed by atoms with Crippen molar-refractivity contribution in [2.45, 2.75) is 31.1 Å². The van der Waals surface area contributed by atoms with Crippen molar-refractivity contribution in [2.75, 3.05) is 11.1 Å². The van der Waals surface area contributed by atoms with E-state index in [1.807, 2.05) is 31.2 Å². The van der Waals surface area contributed by atoms with Crippen molar-refractivity contribution in [2.24, 2.45) is 0 Å². The van der Waals surface area contributed by atoms with Crippen molar-refractivity contribution in [1.29, 1.82) is 0 Å². The molecule has 0 saturated heterocycles. The molecule has 29 heavy (non-hydrogen) atoms. The van der Waals surface area contributed by atoms with Gasteiger partial charge in [-0.15, -0.1) is 5.10 Å². The zero-order chi connectivity index (χ0) is 20.9. The van der Waals surface area contributed by atoms with E-state index in [1.165, 1.54) is 24.3 Å². The molecule has 0 aliphatic heterocycles. The van der Waals surface area contributed by atoms with Crippen LogP contribution >= 0.6 is 11.6 Å².